The molecule has 0 fully saturated rings. The zero-order valence-corrected chi connectivity index (χ0v) is 21.6. The lowest BCUT2D eigenvalue weighted by Crippen LogP contribution is -2.28. The van der Waals surface area contributed by atoms with E-state index in [2.05, 4.69) is 144 Å². The molecule has 6 aromatic rings. The van der Waals surface area contributed by atoms with Crippen LogP contribution in [0.3, 0.4) is 0 Å². The number of rotatable bonds is 3. The number of fused-ring (bicyclic) bond motifs is 6. The van der Waals surface area contributed by atoms with Crippen molar-refractivity contribution < 1.29 is 0 Å². The van der Waals surface area contributed by atoms with Crippen LogP contribution in [-0.4, -0.2) is 6.04 Å². The Labute approximate surface area is 226 Å². The van der Waals surface area contributed by atoms with Crippen LogP contribution in [-0.2, 0) is 0 Å². The quantitative estimate of drug-likeness (QED) is 0.232. The third-order valence-electron chi connectivity index (χ3n) is 7.99. The summed E-state index contributed by atoms with van der Waals surface area (Å²) in [5, 5.41) is 2.70. The van der Waals surface area contributed by atoms with Crippen molar-refractivity contribution in [2.24, 2.45) is 0 Å². The Morgan fingerprint density at radius 2 is 1.26 bits per heavy atom. The largest absolute Gasteiger partial charge is 0.333 e. The van der Waals surface area contributed by atoms with Gasteiger partial charge in [0.15, 0.2) is 0 Å². The minimum Gasteiger partial charge on any atom is -0.333 e. The minimum atomic E-state index is 0.277. The van der Waals surface area contributed by atoms with Crippen LogP contribution >= 0.6 is 11.3 Å². The van der Waals surface area contributed by atoms with Crippen LogP contribution in [0.25, 0.3) is 42.4 Å². The predicted molar refractivity (Wildman–Crippen MR) is 164 cm³/mol. The molecule has 1 aliphatic heterocycles. The highest BCUT2D eigenvalue weighted by Crippen LogP contribution is 2.49. The lowest BCUT2D eigenvalue weighted by atomic mass is 9.89. The fourth-order valence-electron chi connectivity index (χ4n) is 6.19. The molecule has 1 aliphatic carbocycles. The smallest absolute Gasteiger partial charge is 0.0629 e. The zero-order chi connectivity index (χ0) is 25.1. The summed E-state index contributed by atoms with van der Waals surface area (Å²) in [6.45, 7) is 0. The summed E-state index contributed by atoms with van der Waals surface area (Å²) in [7, 11) is 0. The van der Waals surface area contributed by atoms with E-state index < -0.39 is 0 Å². The van der Waals surface area contributed by atoms with E-state index in [0.717, 1.165) is 0 Å². The zero-order valence-electron chi connectivity index (χ0n) is 20.8. The van der Waals surface area contributed by atoms with Crippen molar-refractivity contribution in [1.82, 2.24) is 0 Å². The highest BCUT2D eigenvalue weighted by molar-refractivity contribution is 7.25. The summed E-state index contributed by atoms with van der Waals surface area (Å²) in [6, 6.07) is 42.6. The molecule has 8 rings (SSSR count). The SMILES string of the molecule is C1=CC2c3cc(-c4ccc5sc6ccccc6c5c4)ccc3N(c3cccc(-c4ccccc4)c3)C2C=C1. The van der Waals surface area contributed by atoms with Crippen molar-refractivity contribution in [3.63, 3.8) is 0 Å². The molecule has 2 unspecified atom stereocenters. The van der Waals surface area contributed by atoms with Crippen LogP contribution in [0.4, 0.5) is 11.4 Å². The molecule has 2 heteroatoms. The molecular formula is C36H25NS. The van der Waals surface area contributed by atoms with Gasteiger partial charge < -0.3 is 4.90 Å². The molecule has 1 aromatic heterocycles. The topological polar surface area (TPSA) is 3.24 Å². The predicted octanol–water partition coefficient (Wildman–Crippen LogP) is 10.1. The number of anilines is 2. The molecule has 0 bridgehead atoms. The first-order chi connectivity index (χ1) is 18.8. The molecule has 2 atom stereocenters. The first kappa shape index (κ1) is 21.7. The maximum absolute atomic E-state index is 2.52. The summed E-state index contributed by atoms with van der Waals surface area (Å²) in [5.74, 6) is 0.334. The second kappa shape index (κ2) is 8.58. The molecular weight excluding hydrogens is 478 g/mol. The fraction of sp³-hybridized carbons (Fsp3) is 0.0556. The van der Waals surface area contributed by atoms with Crippen molar-refractivity contribution in [3.05, 3.63) is 145 Å². The average molecular weight is 504 g/mol. The van der Waals surface area contributed by atoms with Gasteiger partial charge >= 0.3 is 0 Å². The van der Waals surface area contributed by atoms with E-state index >= 15 is 0 Å². The van der Waals surface area contributed by atoms with E-state index in [0.29, 0.717) is 5.92 Å². The number of allylic oxidation sites excluding steroid dienone is 2. The Morgan fingerprint density at radius 1 is 0.526 bits per heavy atom. The van der Waals surface area contributed by atoms with Crippen LogP contribution in [0.1, 0.15) is 11.5 Å². The Balaban J connectivity index is 1.24. The van der Waals surface area contributed by atoms with Crippen molar-refractivity contribution in [2.45, 2.75) is 12.0 Å². The second-order valence-corrected chi connectivity index (χ2v) is 11.2. The minimum absolute atomic E-state index is 0.277. The lowest BCUT2D eigenvalue weighted by Gasteiger charge is -2.29. The summed E-state index contributed by atoms with van der Waals surface area (Å²) in [4.78, 5) is 2.52. The number of hydrogen-bond donors (Lipinski definition) is 0. The normalized spacial score (nSPS) is 17.7. The molecule has 0 saturated heterocycles. The van der Waals surface area contributed by atoms with E-state index in [1.54, 1.807) is 0 Å². The number of thiophene rings is 1. The van der Waals surface area contributed by atoms with E-state index in [9.17, 15) is 0 Å². The molecule has 0 amide bonds. The van der Waals surface area contributed by atoms with Gasteiger partial charge in [0.2, 0.25) is 0 Å². The highest BCUT2D eigenvalue weighted by atomic mass is 32.1. The molecule has 0 spiro atoms. The average Bonchev–Trinajstić information content (AvgIpc) is 3.53. The Bertz CT molecular complexity index is 1890. The van der Waals surface area contributed by atoms with Gasteiger partial charge in [0.05, 0.1) is 6.04 Å². The third-order valence-corrected chi connectivity index (χ3v) is 9.14. The van der Waals surface area contributed by atoms with Crippen molar-refractivity contribution in [3.8, 4) is 22.3 Å². The Morgan fingerprint density at radius 3 is 2.21 bits per heavy atom. The van der Waals surface area contributed by atoms with Gasteiger partial charge in [-0.3, -0.25) is 0 Å². The van der Waals surface area contributed by atoms with Gasteiger partial charge in [-0.2, -0.15) is 0 Å². The van der Waals surface area contributed by atoms with Crippen LogP contribution < -0.4 is 4.90 Å². The molecule has 0 saturated carbocycles. The van der Waals surface area contributed by atoms with Crippen LogP contribution in [0.2, 0.25) is 0 Å². The molecule has 1 nitrogen and oxygen atoms in total. The first-order valence-corrected chi connectivity index (χ1v) is 14.0. The van der Waals surface area contributed by atoms with Gasteiger partial charge in [-0.1, -0.05) is 97.1 Å². The molecule has 0 radical (unpaired) electrons. The summed E-state index contributed by atoms with van der Waals surface area (Å²) < 4.78 is 2.70. The lowest BCUT2D eigenvalue weighted by molar-refractivity contribution is 0.745. The van der Waals surface area contributed by atoms with E-state index in [-0.39, 0.29) is 6.04 Å². The summed E-state index contributed by atoms with van der Waals surface area (Å²) in [6.07, 6.45) is 9.11. The van der Waals surface area contributed by atoms with E-state index in [1.807, 2.05) is 11.3 Å². The van der Waals surface area contributed by atoms with Gasteiger partial charge in [-0.25, -0.2) is 0 Å². The van der Waals surface area contributed by atoms with Crippen molar-refractivity contribution >= 4 is 42.9 Å². The highest BCUT2D eigenvalue weighted by Gasteiger charge is 2.37. The molecule has 2 heterocycles. The first-order valence-electron chi connectivity index (χ1n) is 13.2. The standard InChI is InChI=1S/C36H25NS/c1-2-9-24(10-3-1)25-11-8-12-28(21-25)37-33-15-6-4-13-29(33)31-22-26(17-19-34(31)37)27-18-20-36-32(23-27)30-14-5-7-16-35(30)38-36/h1-23,29,33H. The molecule has 5 aromatic carbocycles. The summed E-state index contributed by atoms with van der Waals surface area (Å²) in [5.41, 5.74) is 8.98. The van der Waals surface area contributed by atoms with E-state index in [1.165, 1.54) is 59.4 Å². The summed E-state index contributed by atoms with van der Waals surface area (Å²) >= 11 is 1.87. The van der Waals surface area contributed by atoms with Crippen LogP contribution in [0.5, 0.6) is 0 Å². The fourth-order valence-corrected chi connectivity index (χ4v) is 7.28. The maximum Gasteiger partial charge on any atom is 0.0629 e. The molecule has 0 N–H and O–H groups in total. The Kier molecular flexibility index (Phi) is 4.89. The number of benzene rings is 5. The Hall–Kier alpha value is -4.40. The number of hydrogen-bond acceptors (Lipinski definition) is 2. The maximum atomic E-state index is 2.52. The molecule has 38 heavy (non-hydrogen) atoms. The molecule has 180 valence electrons. The monoisotopic (exact) mass is 503 g/mol. The van der Waals surface area contributed by atoms with Crippen molar-refractivity contribution in [1.29, 1.82) is 0 Å². The molecule has 2 aliphatic rings. The van der Waals surface area contributed by atoms with Crippen LogP contribution in [0, 0.1) is 0 Å². The van der Waals surface area contributed by atoms with Crippen LogP contribution in [0.15, 0.2) is 140 Å². The van der Waals surface area contributed by atoms with Gasteiger partial charge in [-0.15, -0.1) is 11.3 Å². The van der Waals surface area contributed by atoms with Gasteiger partial charge in [-0.05, 0) is 70.3 Å². The van der Waals surface area contributed by atoms with Gasteiger partial charge in [0.1, 0.15) is 0 Å². The van der Waals surface area contributed by atoms with Gasteiger partial charge in [0, 0.05) is 37.5 Å². The number of nitrogens with zero attached hydrogens (tertiary/aromatic N) is 1. The van der Waals surface area contributed by atoms with Crippen molar-refractivity contribution in [2.75, 3.05) is 4.90 Å². The van der Waals surface area contributed by atoms with Gasteiger partial charge in [0.25, 0.3) is 0 Å². The second-order valence-electron chi connectivity index (χ2n) is 10.2. The third kappa shape index (κ3) is 3.38. The van der Waals surface area contributed by atoms with E-state index in [4.69, 9.17) is 0 Å².